The maximum absolute atomic E-state index is 5.53. The lowest BCUT2D eigenvalue weighted by atomic mass is 10.3. The molecule has 4 nitrogen and oxygen atoms in total. The van der Waals surface area contributed by atoms with Crippen LogP contribution in [0.25, 0.3) is 11.0 Å². The van der Waals surface area contributed by atoms with Gasteiger partial charge in [0.15, 0.2) is 0 Å². The third kappa shape index (κ3) is 3.33. The fourth-order valence-corrected chi connectivity index (χ4v) is 2.21. The number of imidazole rings is 1. The zero-order chi connectivity index (χ0) is 13.8. The zero-order valence-electron chi connectivity index (χ0n) is 12.2. The lowest BCUT2D eigenvalue weighted by molar-refractivity contribution is 0.0794. The summed E-state index contributed by atoms with van der Waals surface area (Å²) in [5, 5.41) is 3.45. The Kier molecular flexibility index (Phi) is 4.56. The van der Waals surface area contributed by atoms with E-state index in [2.05, 4.69) is 48.8 Å². The summed E-state index contributed by atoms with van der Waals surface area (Å²) in [4.78, 5) is 4.69. The number of hydrogen-bond donors (Lipinski definition) is 1. The van der Waals surface area contributed by atoms with Crippen molar-refractivity contribution >= 4 is 11.0 Å². The van der Waals surface area contributed by atoms with E-state index < -0.39 is 0 Å². The van der Waals surface area contributed by atoms with E-state index in [1.165, 1.54) is 5.52 Å². The Morgan fingerprint density at radius 2 is 2.00 bits per heavy atom. The van der Waals surface area contributed by atoms with Crippen LogP contribution in [0.5, 0.6) is 0 Å². The summed E-state index contributed by atoms with van der Waals surface area (Å²) in [7, 11) is 2.06. The van der Waals surface area contributed by atoms with Crippen molar-refractivity contribution in [3.05, 3.63) is 30.1 Å². The first-order valence-corrected chi connectivity index (χ1v) is 6.86. The van der Waals surface area contributed by atoms with Crippen molar-refractivity contribution < 1.29 is 4.74 Å². The van der Waals surface area contributed by atoms with Gasteiger partial charge in [-0.1, -0.05) is 12.1 Å². The molecular weight excluding hydrogens is 238 g/mol. The molecule has 0 saturated carbocycles. The molecule has 0 fully saturated rings. The fourth-order valence-electron chi connectivity index (χ4n) is 2.21. The average Bonchev–Trinajstić information content (AvgIpc) is 2.72. The zero-order valence-corrected chi connectivity index (χ0v) is 12.2. The van der Waals surface area contributed by atoms with E-state index in [1.54, 1.807) is 0 Å². The largest absolute Gasteiger partial charge is 0.377 e. The first-order chi connectivity index (χ1) is 9.09. The molecule has 0 bridgehead atoms. The van der Waals surface area contributed by atoms with Gasteiger partial charge in [-0.25, -0.2) is 4.98 Å². The number of nitrogens with one attached hydrogen (secondary N) is 1. The van der Waals surface area contributed by atoms with Crippen LogP contribution >= 0.6 is 0 Å². The van der Waals surface area contributed by atoms with Gasteiger partial charge in [-0.3, -0.25) is 0 Å². The van der Waals surface area contributed by atoms with Crippen LogP contribution in [0, 0.1) is 0 Å². The number of aromatic nitrogens is 2. The topological polar surface area (TPSA) is 39.1 Å². The molecule has 0 aliphatic carbocycles. The van der Waals surface area contributed by atoms with Crippen molar-refractivity contribution in [1.29, 1.82) is 0 Å². The number of nitrogens with zero attached hydrogens (tertiary/aromatic N) is 2. The molecule has 0 aliphatic heterocycles. The highest BCUT2D eigenvalue weighted by Gasteiger charge is 2.13. The molecule has 0 spiro atoms. The summed E-state index contributed by atoms with van der Waals surface area (Å²) in [5.74, 6) is 1.06. The molecular formula is C15H23N3O. The highest BCUT2D eigenvalue weighted by molar-refractivity contribution is 5.75. The van der Waals surface area contributed by atoms with Crippen LogP contribution in [-0.4, -0.2) is 28.8 Å². The van der Waals surface area contributed by atoms with Crippen LogP contribution in [0.1, 0.15) is 32.6 Å². The van der Waals surface area contributed by atoms with E-state index in [-0.39, 0.29) is 12.1 Å². The molecule has 0 saturated heterocycles. The summed E-state index contributed by atoms with van der Waals surface area (Å²) < 4.78 is 7.68. The minimum atomic E-state index is 0.216. The predicted molar refractivity (Wildman–Crippen MR) is 78.2 cm³/mol. The third-order valence-corrected chi connectivity index (χ3v) is 3.21. The second-order valence-electron chi connectivity index (χ2n) is 5.11. The van der Waals surface area contributed by atoms with Crippen LogP contribution in [0.15, 0.2) is 24.3 Å². The number of ether oxygens (including phenoxy) is 1. The summed E-state index contributed by atoms with van der Waals surface area (Å²) in [6, 6.07) is 8.43. The minimum absolute atomic E-state index is 0.216. The number of benzene rings is 1. The molecule has 1 atom stereocenters. The highest BCUT2D eigenvalue weighted by Crippen LogP contribution is 2.18. The van der Waals surface area contributed by atoms with Gasteiger partial charge in [-0.05, 0) is 32.9 Å². The minimum Gasteiger partial charge on any atom is -0.377 e. The average molecular weight is 261 g/mol. The van der Waals surface area contributed by atoms with Crippen molar-refractivity contribution in [3.8, 4) is 0 Å². The number of fused-ring (bicyclic) bond motifs is 1. The Bertz CT molecular complexity index is 533. The van der Waals surface area contributed by atoms with E-state index in [4.69, 9.17) is 4.74 Å². The number of para-hydroxylation sites is 2. The normalized spacial score (nSPS) is 13.3. The van der Waals surface area contributed by atoms with Gasteiger partial charge in [-0.2, -0.15) is 0 Å². The van der Waals surface area contributed by atoms with Gasteiger partial charge in [0.1, 0.15) is 5.82 Å². The molecule has 0 radical (unpaired) electrons. The van der Waals surface area contributed by atoms with E-state index >= 15 is 0 Å². The van der Waals surface area contributed by atoms with Crippen molar-refractivity contribution in [2.75, 3.05) is 13.2 Å². The third-order valence-electron chi connectivity index (χ3n) is 3.21. The molecule has 19 heavy (non-hydrogen) atoms. The monoisotopic (exact) mass is 261 g/mol. The van der Waals surface area contributed by atoms with Crippen molar-refractivity contribution in [1.82, 2.24) is 14.9 Å². The molecule has 0 amide bonds. The standard InChI is InChI=1S/C15H23N3O/c1-11(2)19-10-9-16-12(3)15-17-13-7-5-6-8-14(13)18(15)4/h5-8,11-12,16H,9-10H2,1-4H3. The number of rotatable bonds is 6. The Morgan fingerprint density at radius 1 is 1.26 bits per heavy atom. The Hall–Kier alpha value is -1.39. The Balaban J connectivity index is 2.01. The second kappa shape index (κ2) is 6.17. The van der Waals surface area contributed by atoms with Crippen LogP contribution < -0.4 is 5.32 Å². The summed E-state index contributed by atoms with van der Waals surface area (Å²) in [6.45, 7) is 7.80. The molecule has 2 rings (SSSR count). The maximum Gasteiger partial charge on any atom is 0.126 e. The van der Waals surface area contributed by atoms with Gasteiger partial charge >= 0.3 is 0 Å². The van der Waals surface area contributed by atoms with E-state index in [1.807, 2.05) is 18.2 Å². The Labute approximate surface area is 114 Å². The molecule has 4 heteroatoms. The summed E-state index contributed by atoms with van der Waals surface area (Å²) in [5.41, 5.74) is 2.22. The van der Waals surface area contributed by atoms with Gasteiger partial charge in [-0.15, -0.1) is 0 Å². The first-order valence-electron chi connectivity index (χ1n) is 6.86. The molecule has 1 aromatic heterocycles. The molecule has 104 valence electrons. The van der Waals surface area contributed by atoms with E-state index in [9.17, 15) is 0 Å². The van der Waals surface area contributed by atoms with E-state index in [0.717, 1.165) is 24.5 Å². The molecule has 1 aromatic carbocycles. The quantitative estimate of drug-likeness (QED) is 0.813. The molecule has 2 aromatic rings. The lowest BCUT2D eigenvalue weighted by Gasteiger charge is -2.14. The van der Waals surface area contributed by atoms with Crippen LogP contribution in [0.4, 0.5) is 0 Å². The van der Waals surface area contributed by atoms with Gasteiger partial charge in [0, 0.05) is 13.6 Å². The SMILES string of the molecule is CC(C)OCCNC(C)c1nc2ccccc2n1C. The van der Waals surface area contributed by atoms with Gasteiger partial charge < -0.3 is 14.6 Å². The molecule has 0 aliphatic rings. The second-order valence-corrected chi connectivity index (χ2v) is 5.11. The maximum atomic E-state index is 5.53. The number of hydrogen-bond acceptors (Lipinski definition) is 3. The molecule has 1 unspecified atom stereocenters. The highest BCUT2D eigenvalue weighted by atomic mass is 16.5. The van der Waals surface area contributed by atoms with Gasteiger partial charge in [0.25, 0.3) is 0 Å². The van der Waals surface area contributed by atoms with Crippen molar-refractivity contribution in [2.24, 2.45) is 7.05 Å². The number of aryl methyl sites for hydroxylation is 1. The summed E-state index contributed by atoms with van der Waals surface area (Å²) in [6.07, 6.45) is 0.285. The van der Waals surface area contributed by atoms with Crippen molar-refractivity contribution in [2.45, 2.75) is 32.9 Å². The van der Waals surface area contributed by atoms with Crippen LogP contribution in [0.3, 0.4) is 0 Å². The summed E-state index contributed by atoms with van der Waals surface area (Å²) >= 11 is 0. The van der Waals surface area contributed by atoms with E-state index in [0.29, 0.717) is 0 Å². The lowest BCUT2D eigenvalue weighted by Crippen LogP contribution is -2.26. The smallest absolute Gasteiger partial charge is 0.126 e. The fraction of sp³-hybridized carbons (Fsp3) is 0.533. The molecule has 1 heterocycles. The van der Waals surface area contributed by atoms with Gasteiger partial charge in [0.2, 0.25) is 0 Å². The predicted octanol–water partition coefficient (Wildman–Crippen LogP) is 2.65. The van der Waals surface area contributed by atoms with Crippen LogP contribution in [-0.2, 0) is 11.8 Å². The van der Waals surface area contributed by atoms with Crippen LogP contribution in [0.2, 0.25) is 0 Å². The molecule has 1 N–H and O–H groups in total. The van der Waals surface area contributed by atoms with Crippen molar-refractivity contribution in [3.63, 3.8) is 0 Å². The Morgan fingerprint density at radius 3 is 2.68 bits per heavy atom. The first kappa shape index (κ1) is 14.0. The van der Waals surface area contributed by atoms with Gasteiger partial charge in [0.05, 0.1) is 29.8 Å².